The second-order valence-electron chi connectivity index (χ2n) is 11.5. The Labute approximate surface area is 238 Å². The highest BCUT2D eigenvalue weighted by Crippen LogP contribution is 2.61. The molecule has 10 heteroatoms. The molecule has 40 heavy (non-hydrogen) atoms. The second kappa shape index (κ2) is 11.2. The molecule has 218 valence electrons. The number of rotatable bonds is 8. The summed E-state index contributed by atoms with van der Waals surface area (Å²) in [5.74, 6) is -1.17. The van der Waals surface area contributed by atoms with Gasteiger partial charge in [-0.1, -0.05) is 41.9 Å². The van der Waals surface area contributed by atoms with E-state index in [-0.39, 0.29) is 23.9 Å². The first kappa shape index (κ1) is 30.2. The number of nitrogens with zero attached hydrogens (tertiary/aromatic N) is 3. The molecule has 0 bridgehead atoms. The molecule has 1 saturated heterocycles. The van der Waals surface area contributed by atoms with Crippen LogP contribution in [0.5, 0.6) is 0 Å². The van der Waals surface area contributed by atoms with Crippen LogP contribution in [0.1, 0.15) is 55.5 Å². The highest BCUT2D eigenvalue weighted by molar-refractivity contribution is 6.34. The van der Waals surface area contributed by atoms with Crippen LogP contribution >= 0.6 is 11.6 Å². The number of hydrogen-bond acceptors (Lipinski definition) is 4. The summed E-state index contributed by atoms with van der Waals surface area (Å²) in [5, 5.41) is 11.0. The minimum Gasteiger partial charge on any atom is -0.371 e. The summed E-state index contributed by atoms with van der Waals surface area (Å²) in [6.45, 7) is 5.64. The molecule has 4 rings (SSSR count). The number of halogens is 4. The number of aliphatic hydroxyl groups is 1. The van der Waals surface area contributed by atoms with Crippen molar-refractivity contribution in [3.8, 4) is 0 Å². The molecule has 1 spiro atoms. The van der Waals surface area contributed by atoms with Gasteiger partial charge in [0.2, 0.25) is 0 Å². The molecule has 2 aliphatic rings. The smallest absolute Gasteiger partial charge is 0.371 e. The first-order chi connectivity index (χ1) is 18.7. The largest absolute Gasteiger partial charge is 0.430 e. The van der Waals surface area contributed by atoms with Gasteiger partial charge < -0.3 is 19.8 Å². The van der Waals surface area contributed by atoms with Crippen molar-refractivity contribution in [2.45, 2.75) is 57.3 Å². The zero-order chi connectivity index (χ0) is 29.5. The van der Waals surface area contributed by atoms with Crippen molar-refractivity contribution in [2.75, 3.05) is 38.6 Å². The molecular weight excluding hydrogens is 543 g/mol. The van der Waals surface area contributed by atoms with Crippen molar-refractivity contribution in [2.24, 2.45) is 11.3 Å². The van der Waals surface area contributed by atoms with Crippen LogP contribution in [0, 0.1) is 11.3 Å². The Balaban J connectivity index is 1.33. The van der Waals surface area contributed by atoms with Crippen LogP contribution in [0.2, 0.25) is 5.02 Å². The number of hydrogen-bond donors (Lipinski definition) is 1. The minimum atomic E-state index is -5.15. The van der Waals surface area contributed by atoms with Gasteiger partial charge in [0.25, 0.3) is 17.4 Å². The number of benzene rings is 2. The van der Waals surface area contributed by atoms with Gasteiger partial charge in [0.05, 0.1) is 10.6 Å². The fraction of sp³-hybridized carbons (Fsp3) is 0.533. The lowest BCUT2D eigenvalue weighted by Crippen LogP contribution is -2.55. The quantitative estimate of drug-likeness (QED) is 0.434. The van der Waals surface area contributed by atoms with Crippen LogP contribution in [0.15, 0.2) is 48.5 Å². The van der Waals surface area contributed by atoms with Crippen molar-refractivity contribution < 1.29 is 27.9 Å². The standard InChI is InChI=1S/C30H37ClF3N3O3/c1-20(2)36(4)26(38)24-11-10-23(18-25(24)31)37-16-13-28(14-17-37)19-22(28)12-15-35(3)27(39)29(40,30(32,33)34)21-8-6-5-7-9-21/h5-11,18,20,22,40H,12-17,19H2,1-4H3/t22-,29+/m0/s1. The predicted octanol–water partition coefficient (Wildman–Crippen LogP) is 5.73. The van der Waals surface area contributed by atoms with Crippen LogP contribution in [0.25, 0.3) is 0 Å². The summed E-state index contributed by atoms with van der Waals surface area (Å²) in [4.78, 5) is 30.5. The molecular formula is C30H37ClF3N3O3. The van der Waals surface area contributed by atoms with Crippen molar-refractivity contribution >= 4 is 29.1 Å². The van der Waals surface area contributed by atoms with E-state index in [0.29, 0.717) is 22.9 Å². The lowest BCUT2D eigenvalue weighted by Gasteiger charge is -2.35. The number of likely N-dealkylation sites (N-methyl/N-ethyl adjacent to an activating group) is 1. The van der Waals surface area contributed by atoms with Gasteiger partial charge in [-0.3, -0.25) is 9.59 Å². The molecule has 2 amide bonds. The summed E-state index contributed by atoms with van der Waals surface area (Å²) >= 11 is 6.48. The lowest BCUT2D eigenvalue weighted by atomic mass is 9.89. The van der Waals surface area contributed by atoms with Crippen molar-refractivity contribution in [1.29, 1.82) is 0 Å². The third-order valence-corrected chi connectivity index (χ3v) is 9.14. The maximum absolute atomic E-state index is 13.9. The van der Waals surface area contributed by atoms with Crippen LogP contribution in [-0.2, 0) is 10.4 Å². The third kappa shape index (κ3) is 5.68. The van der Waals surface area contributed by atoms with Gasteiger partial charge in [-0.05, 0) is 69.1 Å². The van der Waals surface area contributed by atoms with Crippen LogP contribution in [-0.4, -0.2) is 72.7 Å². The van der Waals surface area contributed by atoms with Crippen molar-refractivity contribution in [3.05, 3.63) is 64.7 Å². The highest BCUT2D eigenvalue weighted by Gasteiger charge is 2.62. The number of amides is 2. The lowest BCUT2D eigenvalue weighted by molar-refractivity contribution is -0.261. The average Bonchev–Trinajstić information content (AvgIpc) is 3.61. The summed E-state index contributed by atoms with van der Waals surface area (Å²) in [5.41, 5.74) is -2.51. The van der Waals surface area contributed by atoms with E-state index >= 15 is 0 Å². The maximum Gasteiger partial charge on any atom is 0.430 e. The highest BCUT2D eigenvalue weighted by atomic mass is 35.5. The SMILES string of the molecule is CC(C)N(C)C(=O)c1ccc(N2CCC3(CC2)C[C@@H]3CCN(C)C(=O)[C@](O)(c2ccccc2)C(F)(F)F)cc1Cl. The number of alkyl halides is 3. The van der Waals surface area contributed by atoms with Gasteiger partial charge in [-0.25, -0.2) is 0 Å². The van der Waals surface area contributed by atoms with E-state index < -0.39 is 23.2 Å². The second-order valence-corrected chi connectivity index (χ2v) is 11.9. The molecule has 1 aliphatic carbocycles. The van der Waals surface area contributed by atoms with Crippen LogP contribution in [0.3, 0.4) is 0 Å². The topological polar surface area (TPSA) is 64.1 Å². The molecule has 1 aliphatic heterocycles. The number of carbonyl (C=O) groups excluding carboxylic acids is 2. The van der Waals surface area contributed by atoms with Gasteiger partial charge in [0.1, 0.15) is 0 Å². The maximum atomic E-state index is 13.9. The minimum absolute atomic E-state index is 0.0607. The van der Waals surface area contributed by atoms with Crippen molar-refractivity contribution in [1.82, 2.24) is 9.80 Å². The Bertz CT molecular complexity index is 1230. The van der Waals surface area contributed by atoms with Gasteiger partial charge in [-0.2, -0.15) is 13.2 Å². The molecule has 2 aromatic carbocycles. The molecule has 0 aromatic heterocycles. The molecule has 2 aromatic rings. The fourth-order valence-electron chi connectivity index (χ4n) is 5.78. The van der Waals surface area contributed by atoms with Gasteiger partial charge >= 0.3 is 6.18 Å². The van der Waals surface area contributed by atoms with E-state index in [9.17, 15) is 27.9 Å². The monoisotopic (exact) mass is 579 g/mol. The number of carbonyl (C=O) groups is 2. The Morgan fingerprint density at radius 3 is 2.27 bits per heavy atom. The van der Waals surface area contributed by atoms with E-state index in [4.69, 9.17) is 11.6 Å². The third-order valence-electron chi connectivity index (χ3n) is 8.83. The Morgan fingerprint density at radius 1 is 1.10 bits per heavy atom. The van der Waals surface area contributed by atoms with E-state index in [0.717, 1.165) is 55.1 Å². The molecule has 1 saturated carbocycles. The Morgan fingerprint density at radius 2 is 1.73 bits per heavy atom. The molecule has 2 atom stereocenters. The van der Waals surface area contributed by atoms with Crippen molar-refractivity contribution in [3.63, 3.8) is 0 Å². The summed E-state index contributed by atoms with van der Waals surface area (Å²) in [6, 6.07) is 12.1. The van der Waals surface area contributed by atoms with Gasteiger partial charge in [0.15, 0.2) is 0 Å². The number of anilines is 1. The zero-order valence-electron chi connectivity index (χ0n) is 23.3. The molecule has 1 heterocycles. The van der Waals surface area contributed by atoms with E-state index in [2.05, 4.69) is 4.90 Å². The summed E-state index contributed by atoms with van der Waals surface area (Å²) in [6.07, 6.45) is -1.73. The molecule has 6 nitrogen and oxygen atoms in total. The van der Waals surface area contributed by atoms with Gasteiger partial charge in [0, 0.05) is 51.0 Å². The zero-order valence-corrected chi connectivity index (χ0v) is 24.1. The first-order valence-corrected chi connectivity index (χ1v) is 14.0. The molecule has 2 fully saturated rings. The van der Waals surface area contributed by atoms with E-state index in [1.165, 1.54) is 25.2 Å². The van der Waals surface area contributed by atoms with E-state index in [1.54, 1.807) is 18.0 Å². The summed E-state index contributed by atoms with van der Waals surface area (Å²) in [7, 11) is 3.07. The molecule has 0 radical (unpaired) electrons. The van der Waals surface area contributed by atoms with Gasteiger partial charge in [-0.15, -0.1) is 0 Å². The summed E-state index contributed by atoms with van der Waals surface area (Å²) < 4.78 is 41.7. The van der Waals surface area contributed by atoms with Crippen LogP contribution in [0.4, 0.5) is 18.9 Å². The number of piperidine rings is 1. The Hall–Kier alpha value is -2.78. The Kier molecular flexibility index (Phi) is 8.48. The molecule has 0 unspecified atom stereocenters. The first-order valence-electron chi connectivity index (χ1n) is 13.6. The average molecular weight is 580 g/mol. The predicted molar refractivity (Wildman–Crippen MR) is 149 cm³/mol. The van der Waals surface area contributed by atoms with E-state index in [1.807, 2.05) is 26.0 Å². The fourth-order valence-corrected chi connectivity index (χ4v) is 6.03. The molecule has 1 N–H and O–H groups in total. The normalized spacial score (nSPS) is 19.9. The van der Waals surface area contributed by atoms with Crippen LogP contribution < -0.4 is 4.90 Å².